The molecule has 0 aliphatic carbocycles. The van der Waals surface area contributed by atoms with Crippen LogP contribution in [0.5, 0.6) is 17.2 Å². The second-order valence-electron chi connectivity index (χ2n) is 17.6. The standard InChI is InChI=1S/C50H39B2F2N7O11S2.Na/c1-26-47(55-28(3)49(26)73(64,65)66)45(48-27(2)50(74(67,68)69)29(4)60(48)51(53)54)30-13-16-32(17-14-30)59-24-38(57-58-59)31-15-18-35(43(23-31)70-25-44(62)63)46-37-20-19-36(56-37)33-9-5-7-11-41(33)71-52-61-39(21-22-40(46)61)34-10-6-8-12-42(34)72-52;/h5-24,57-58H,25H2,1-4H3,(H,62,63)(H,64,65,66)(H,67,68,69);/q;+1/b46-37-,47-45-;. The molecule has 75 heavy (non-hydrogen) atoms. The minimum absolute atomic E-state index is 0. The van der Waals surface area contributed by atoms with E-state index in [2.05, 4.69) is 16.0 Å². The van der Waals surface area contributed by atoms with Gasteiger partial charge in [0.05, 0.1) is 34.2 Å². The molecule has 25 heteroatoms. The van der Waals surface area contributed by atoms with Gasteiger partial charge in [0, 0.05) is 62.4 Å². The second kappa shape index (κ2) is 19.1. The topological polar surface area (TPSA) is 236 Å². The summed E-state index contributed by atoms with van der Waals surface area (Å²) in [7, 11) is -14.2. The Morgan fingerprint density at radius 3 is 2.13 bits per heavy atom. The van der Waals surface area contributed by atoms with Gasteiger partial charge in [-0.3, -0.25) is 27.7 Å². The average Bonchev–Trinajstić information content (AvgIpc) is 4.21. The maximum Gasteiger partial charge on any atom is 1.00 e. The number of carboxylic acids is 1. The summed E-state index contributed by atoms with van der Waals surface area (Å²) in [5.74, 6) is 0.191. The number of hydrogen-bond donors (Lipinski definition) is 5. The molecule has 0 radical (unpaired) electrons. The number of benzene rings is 4. The maximum atomic E-state index is 15.0. The molecule has 5 aliphatic rings. The number of fused-ring (bicyclic) bond motifs is 5. The van der Waals surface area contributed by atoms with Crippen molar-refractivity contribution in [3.63, 3.8) is 0 Å². The third kappa shape index (κ3) is 8.85. The van der Waals surface area contributed by atoms with Crippen LogP contribution >= 0.6 is 0 Å². The van der Waals surface area contributed by atoms with E-state index in [4.69, 9.17) is 19.0 Å². The number of hydrogen-bond acceptors (Lipinski definition) is 13. The van der Waals surface area contributed by atoms with Crippen molar-refractivity contribution >= 4 is 74.8 Å². The number of anilines is 1. The summed E-state index contributed by atoms with van der Waals surface area (Å²) in [4.78, 5) is 20.3. The van der Waals surface area contributed by atoms with Crippen LogP contribution in [0.4, 0.5) is 14.3 Å². The molecule has 5 aliphatic heterocycles. The summed E-state index contributed by atoms with van der Waals surface area (Å²) in [5, 5.41) is 11.5. The molecule has 0 amide bonds. The Hall–Kier alpha value is -7.28. The van der Waals surface area contributed by atoms with E-state index in [9.17, 15) is 35.8 Å². The first kappa shape index (κ1) is 51.2. The number of nitrogens with one attached hydrogen (secondary N) is 2. The normalized spacial score (nSPS) is 17.1. The molecule has 0 fully saturated rings. The number of aliphatic imine (C=N–C) groups is 2. The fourth-order valence-corrected chi connectivity index (χ4v) is 11.9. The van der Waals surface area contributed by atoms with Crippen LogP contribution in [0.25, 0.3) is 28.1 Å². The molecule has 0 unspecified atom stereocenters. The van der Waals surface area contributed by atoms with Crippen LogP contribution < -0.4 is 59.6 Å². The van der Waals surface area contributed by atoms with Crippen LogP contribution in [-0.2, 0) is 25.0 Å². The molecular weight excluding hydrogens is 1020 g/mol. The zero-order valence-corrected chi connectivity index (χ0v) is 44.0. The van der Waals surface area contributed by atoms with Gasteiger partial charge in [-0.2, -0.15) is 16.8 Å². The van der Waals surface area contributed by atoms with Crippen molar-refractivity contribution in [2.45, 2.75) is 32.6 Å². The van der Waals surface area contributed by atoms with Crippen molar-refractivity contribution in [1.29, 1.82) is 0 Å². The Kier molecular flexibility index (Phi) is 13.1. The molecule has 2 bridgehead atoms. The fourth-order valence-electron chi connectivity index (χ4n) is 10.1. The van der Waals surface area contributed by atoms with Crippen LogP contribution in [0.2, 0.25) is 0 Å². The number of para-hydroxylation sites is 2. The Bertz CT molecular complexity index is 3940. The van der Waals surface area contributed by atoms with Crippen LogP contribution in [0, 0.1) is 13.8 Å². The van der Waals surface area contributed by atoms with Crippen molar-refractivity contribution in [2.24, 2.45) is 9.98 Å². The summed E-state index contributed by atoms with van der Waals surface area (Å²) in [5.41, 5.74) is 11.8. The molecule has 5 N–H and O–H groups in total. The van der Waals surface area contributed by atoms with Gasteiger partial charge in [-0.15, -0.1) is 5.53 Å². The van der Waals surface area contributed by atoms with E-state index >= 15 is 8.63 Å². The number of aliphatic carboxylic acids is 1. The van der Waals surface area contributed by atoms with Gasteiger partial charge in [0.1, 0.15) is 27.0 Å². The zero-order valence-electron chi connectivity index (χ0n) is 40.3. The molecule has 18 nitrogen and oxygen atoms in total. The Morgan fingerprint density at radius 1 is 0.813 bits per heavy atom. The summed E-state index contributed by atoms with van der Waals surface area (Å²) in [6.07, 6.45) is 5.47. The number of hydrazine groups is 2. The van der Waals surface area contributed by atoms with E-state index in [0.29, 0.717) is 61.2 Å². The van der Waals surface area contributed by atoms with Gasteiger partial charge >= 0.3 is 50.2 Å². The largest absolute Gasteiger partial charge is 1.00 e. The minimum atomic E-state index is -5.04. The second-order valence-corrected chi connectivity index (χ2v) is 20.3. The molecule has 0 spiro atoms. The third-order valence-corrected chi connectivity index (χ3v) is 15.3. The number of rotatable bonds is 11. The van der Waals surface area contributed by atoms with E-state index in [1.807, 2.05) is 89.4 Å². The monoisotopic (exact) mass is 1060 g/mol. The van der Waals surface area contributed by atoms with Crippen molar-refractivity contribution in [3.05, 3.63) is 188 Å². The number of ether oxygens (including phenoxy) is 1. The van der Waals surface area contributed by atoms with Crippen molar-refractivity contribution in [3.8, 4) is 28.5 Å². The predicted octanol–water partition coefficient (Wildman–Crippen LogP) is 4.72. The predicted molar refractivity (Wildman–Crippen MR) is 274 cm³/mol. The van der Waals surface area contributed by atoms with Gasteiger partial charge in [0.15, 0.2) is 6.61 Å². The van der Waals surface area contributed by atoms with Crippen LogP contribution in [0.3, 0.4) is 0 Å². The van der Waals surface area contributed by atoms with E-state index in [-0.39, 0.29) is 74.7 Å². The van der Waals surface area contributed by atoms with Gasteiger partial charge in [0.25, 0.3) is 20.2 Å². The molecule has 0 saturated heterocycles. The molecule has 0 saturated carbocycles. The number of aromatic nitrogens is 2. The average molecular weight is 1060 g/mol. The smallest absolute Gasteiger partial charge is 0.506 e. The van der Waals surface area contributed by atoms with E-state index in [1.165, 1.54) is 32.9 Å². The van der Waals surface area contributed by atoms with Gasteiger partial charge in [-0.1, -0.05) is 42.5 Å². The molecule has 7 heterocycles. The maximum absolute atomic E-state index is 15.0. The SMILES string of the molecule is CC1=N/C(=C(/c2ccc(N3C=C(c4ccc(/C5=C6\C=CC(=N6)c6ccccc6OB6Oc7ccccc7-c7ccc5n76)c(OCC(=O)O)c4)NN3)cc2)c2c(C)c(S(=O)(=O)O)c(C)n2B(F)F)C(C)=C1S(=O)(=O)O.[Na+]. The quantitative estimate of drug-likeness (QED) is 0.0873. The molecule has 6 aromatic rings. The molecular formula is C50H39B2F2N7NaO11S2+. The first-order valence-corrected chi connectivity index (χ1v) is 25.5. The molecule has 11 rings (SSSR count). The van der Waals surface area contributed by atoms with Crippen LogP contribution in [0.15, 0.2) is 158 Å². The Balaban J connectivity index is 0.00000641. The van der Waals surface area contributed by atoms with Crippen molar-refractivity contribution in [1.82, 2.24) is 19.9 Å². The number of nitrogens with zero attached hydrogens (tertiary/aromatic N) is 5. The molecule has 2 aromatic heterocycles. The zero-order chi connectivity index (χ0) is 52.1. The number of carboxylic acid groups (broad SMARTS) is 1. The fraction of sp³-hybridized carbons (Fsp3) is 0.100. The first-order valence-electron chi connectivity index (χ1n) is 22.6. The molecule has 0 atom stereocenters. The van der Waals surface area contributed by atoms with E-state index < -0.39 is 63.0 Å². The molecule has 372 valence electrons. The Morgan fingerprint density at radius 2 is 1.48 bits per heavy atom. The summed E-state index contributed by atoms with van der Waals surface area (Å²) >= 11 is 0. The summed E-state index contributed by atoms with van der Waals surface area (Å²) < 4.78 is 122. The summed E-state index contributed by atoms with van der Waals surface area (Å²) in [6, 6.07) is 30.7. The Labute approximate surface area is 450 Å². The minimum Gasteiger partial charge on any atom is -0.506 e. The van der Waals surface area contributed by atoms with Crippen molar-refractivity contribution < 1.29 is 88.1 Å². The van der Waals surface area contributed by atoms with Gasteiger partial charge in [0.2, 0.25) is 0 Å². The van der Waals surface area contributed by atoms with E-state index in [1.54, 1.807) is 29.4 Å². The van der Waals surface area contributed by atoms with Gasteiger partial charge in [-0.05, 0) is 117 Å². The van der Waals surface area contributed by atoms with E-state index in [0.717, 1.165) is 23.7 Å². The summed E-state index contributed by atoms with van der Waals surface area (Å²) in [6.45, 7) is 4.32. The molecule has 4 aromatic carbocycles. The number of halogens is 2. The van der Waals surface area contributed by atoms with Crippen LogP contribution in [-0.4, -0.2) is 78.7 Å². The van der Waals surface area contributed by atoms with Gasteiger partial charge < -0.3 is 33.5 Å². The number of allylic oxidation sites excluding steroid dienone is 4. The third-order valence-electron chi connectivity index (χ3n) is 13.1. The van der Waals surface area contributed by atoms with Gasteiger partial charge in [-0.25, -0.2) is 9.79 Å². The first-order chi connectivity index (χ1) is 35.3. The number of carbonyl (C=O) groups is 1. The van der Waals surface area contributed by atoms with Crippen LogP contribution in [0.1, 0.15) is 58.7 Å². The van der Waals surface area contributed by atoms with Crippen molar-refractivity contribution in [2.75, 3.05) is 11.6 Å².